The normalized spacial score (nSPS) is 10.6. The van der Waals surface area contributed by atoms with Gasteiger partial charge in [-0.25, -0.2) is 58.9 Å². The third-order valence-electron chi connectivity index (χ3n) is 18.2. The van der Waals surface area contributed by atoms with Crippen molar-refractivity contribution in [2.24, 2.45) is 7.05 Å². The van der Waals surface area contributed by atoms with E-state index in [9.17, 15) is 58.9 Å². The van der Waals surface area contributed by atoms with Crippen molar-refractivity contribution in [1.82, 2.24) is 4.57 Å². The average molecular weight is 2480 g/mol. The predicted octanol–water partition coefficient (Wildman–Crippen LogP) is 21.3. The van der Waals surface area contributed by atoms with Crippen molar-refractivity contribution in [2.75, 3.05) is 87.8 Å². The first-order valence-corrected chi connectivity index (χ1v) is 46.3. The Balaban J connectivity index is -0.000000274. The Morgan fingerprint density at radius 2 is 0.647 bits per heavy atom. The molecule has 0 saturated carbocycles. The number of fused-ring (bicyclic) bond motifs is 7. The molecule has 2 N–H and O–H groups in total. The first-order valence-electron chi connectivity index (χ1n) is 36.2. The molecule has 133 heavy (non-hydrogen) atoms. The van der Waals surface area contributed by atoms with Crippen molar-refractivity contribution >= 4 is 157 Å². The molecule has 709 valence electrons. The minimum atomic E-state index is -3.60. The number of anilines is 2. The van der Waals surface area contributed by atoms with Gasteiger partial charge < -0.3 is 114 Å². The van der Waals surface area contributed by atoms with Crippen LogP contribution in [-0.4, -0.2) is 147 Å². The van der Waals surface area contributed by atoms with E-state index >= 15 is 0 Å². The van der Waals surface area contributed by atoms with E-state index < -0.39 is 70.2 Å². The fourth-order valence-electron chi connectivity index (χ4n) is 12.4. The van der Waals surface area contributed by atoms with E-state index in [1.165, 1.54) is 61.5 Å². The zero-order valence-electron chi connectivity index (χ0n) is 78.9. The number of nitrogens with two attached hydrogens (primary N) is 1. The van der Waals surface area contributed by atoms with Crippen LogP contribution in [0.15, 0.2) is 283 Å². The van der Waals surface area contributed by atoms with Gasteiger partial charge >= 0.3 is 0 Å². The zero-order chi connectivity index (χ0) is 87.6. The van der Waals surface area contributed by atoms with Gasteiger partial charge in [-0.15, -0.1) is 0 Å². The molecular formula is C92H112N10O17S7Y7-14. The van der Waals surface area contributed by atoms with Crippen molar-refractivity contribution in [2.45, 2.75) is 68.1 Å². The van der Waals surface area contributed by atoms with Crippen LogP contribution in [-0.2, 0) is 306 Å². The fourth-order valence-corrected chi connectivity index (χ4v) is 18.8. The van der Waals surface area contributed by atoms with Crippen LogP contribution in [0.25, 0.3) is 109 Å². The molecule has 0 bridgehead atoms. The van der Waals surface area contributed by atoms with Crippen molar-refractivity contribution in [3.05, 3.63) is 339 Å². The molecule has 1 heterocycles. The number of para-hydroxylation sites is 1. The van der Waals surface area contributed by atoms with Gasteiger partial charge in [0.1, 0.15) is 87.4 Å². The summed E-state index contributed by atoms with van der Waals surface area (Å²) >= 11 is 0. The maximum atomic E-state index is 11.9. The summed E-state index contributed by atoms with van der Waals surface area (Å²) in [5, 5.41) is 9.81. The Hall–Kier alpha value is -2.94. The van der Waals surface area contributed by atoms with Gasteiger partial charge in [0.05, 0.1) is 59.6 Å². The molecule has 27 nitrogen and oxygen atoms in total. The van der Waals surface area contributed by atoms with Crippen LogP contribution in [0.4, 0.5) is 11.4 Å². The Kier molecular flexibility index (Phi) is 69.4. The van der Waals surface area contributed by atoms with E-state index in [4.69, 9.17) is 19.9 Å². The number of aryl methyl sites for hydroxylation is 2. The molecule has 0 fully saturated rings. The molecule has 0 aliphatic carbocycles. The van der Waals surface area contributed by atoms with Crippen LogP contribution in [0.1, 0.15) is 26.3 Å². The molecule has 41 heteroatoms. The summed E-state index contributed by atoms with van der Waals surface area (Å²) in [6.45, 7) is 8.25. The minimum absolute atomic E-state index is 0. The summed E-state index contributed by atoms with van der Waals surface area (Å²) in [7, 11) is -8.72. The summed E-state index contributed by atoms with van der Waals surface area (Å²) in [6, 6.07) is 70.3. The van der Waals surface area contributed by atoms with Crippen molar-refractivity contribution in [1.29, 1.82) is 0 Å². The second-order valence-corrected chi connectivity index (χ2v) is 38.3. The first kappa shape index (κ1) is 143. The van der Waals surface area contributed by atoms with Crippen LogP contribution in [0, 0.1) is 58.9 Å². The van der Waals surface area contributed by atoms with Gasteiger partial charge in [-0.2, -0.15) is 49.3 Å². The predicted molar refractivity (Wildman–Crippen MR) is 524 cm³/mol. The van der Waals surface area contributed by atoms with E-state index in [2.05, 4.69) is 33.1 Å². The van der Waals surface area contributed by atoms with E-state index in [-0.39, 0.29) is 321 Å². The molecule has 1 aromatic heterocycles. The standard InChI is InChI=1S/C14H16NO3S.C13H15N2O2S.C13H14NO3S.C12H12NO3S.C12H12NO2S.C11H11N2O2S.C10H11N2O2S.7CH3.7Y/c1-10(2)18-13-8-9-14(19(16,17)15-3)12-7-5-4-6-11(12)13;1-14-18(16,17)13-9-5-6-10-11(13)7-4-8-12(10)15(2)3;1-3-17-11-8-7-10-5-4-6-13(12(10)9-11)18(15,16)14-2;1-13-17(14,15)12-8-7-11(16-2)9-5-3-4-6-10(9)12;1-9-7-8-12(16(14,15)13-2)11-6-4-3-5-10(9)11;1-13-16(14,15)11-7-3-4-8-9(11)5-2-6-10(8)12;1-11-15(13,14)9-5-3-4-8-6-7-12(2)10(8)9;;;;;;;;;;;;;;/h4-10H,1-3H3;4-9H,1-3H3;4-9H,3H2,1-2H3;3-8H,1-2H3;3-8H,1-2H3;2-7H,12H2,1H3;3-7H,1-2H3;7*1H3;;;;;;;/q14*-1;;;;;;;. The van der Waals surface area contributed by atoms with Gasteiger partial charge in [-0.3, -0.25) is 0 Å². The Morgan fingerprint density at radius 1 is 0.338 bits per heavy atom. The number of sulfonamides is 7. The van der Waals surface area contributed by atoms with Gasteiger partial charge in [0.2, 0.25) is 0 Å². The molecule has 0 aliphatic heterocycles. The summed E-state index contributed by atoms with van der Waals surface area (Å²) < 4.78 is 208. The summed E-state index contributed by atoms with van der Waals surface area (Å²) in [5.74, 6) is 1.99. The smallest absolute Gasteiger partial charge is 0.127 e. The van der Waals surface area contributed by atoms with Crippen molar-refractivity contribution in [3.8, 4) is 17.2 Å². The van der Waals surface area contributed by atoms with Crippen molar-refractivity contribution < 1.29 is 302 Å². The topological polar surface area (TPSA) is 400 Å². The SMILES string of the molecule is CCOc1ccc2cccc(S(=O)(=O)[N-]C)c2c1.C[N-]S(=O)(=O)c1ccc(C)c2ccccc12.C[N-]S(=O)(=O)c1ccc(OC(C)C)c2ccccc12.C[N-]S(=O)(=O)c1ccc(OC)c2ccccc12.C[N-]S(=O)(=O)c1cccc2c(N(C)C)cccc12.C[N-]S(=O)(=O)c1cccc2c(N)cccc12.C[N-]S(=O)(=O)c1cccc2ccn(C)c12.[CH3-].[CH3-].[CH3-].[CH3-].[CH3-].[CH3-].[CH3-].[Y].[Y].[Y].[Y].[Y].[Y].[Y]. The molecule has 7 radical (unpaired) electrons. The number of methoxy groups -OCH3 is 1. The number of benzene rings is 13. The molecule has 14 rings (SSSR count). The Morgan fingerprint density at radius 3 is 1.06 bits per heavy atom. The molecule has 0 unspecified atom stereocenters. The number of rotatable bonds is 20. The third kappa shape index (κ3) is 36.5. The molecular weight excluding hydrogens is 2360 g/mol. The maximum Gasteiger partial charge on any atom is 0.127 e. The third-order valence-corrected chi connectivity index (χ3v) is 28.0. The Labute approximate surface area is 968 Å². The van der Waals surface area contributed by atoms with Crippen molar-refractivity contribution in [3.63, 3.8) is 0 Å². The molecule has 0 atom stereocenters. The minimum Gasteiger partial charge on any atom is -0.547 e. The van der Waals surface area contributed by atoms with E-state index in [1.807, 2.05) is 151 Å². The van der Waals surface area contributed by atoms with Gasteiger partial charge in [-0.1, -0.05) is 158 Å². The van der Waals surface area contributed by atoms with Crippen LogP contribution in [0.3, 0.4) is 0 Å². The quantitative estimate of drug-likeness (QED) is 0.0547. The average Bonchev–Trinajstić information content (AvgIpc) is 1.62. The van der Waals surface area contributed by atoms with E-state index in [0.29, 0.717) is 62.0 Å². The van der Waals surface area contributed by atoms with Gasteiger partial charge in [0.25, 0.3) is 0 Å². The first-order chi connectivity index (χ1) is 56.3. The molecule has 0 spiro atoms. The number of hydrogen-bond donors (Lipinski definition) is 1. The Bertz CT molecular complexity index is 6830. The van der Waals surface area contributed by atoms with Gasteiger partial charge in [0, 0.05) is 322 Å². The monoisotopic (exact) mass is 2470 g/mol. The summed E-state index contributed by atoms with van der Waals surface area (Å²) in [4.78, 5) is 3.57. The summed E-state index contributed by atoms with van der Waals surface area (Å²) in [5.41, 5.74) is 9.09. The maximum absolute atomic E-state index is 11.9. The summed E-state index contributed by atoms with van der Waals surface area (Å²) in [6.07, 6.45) is 1.86. The largest absolute Gasteiger partial charge is 0.547 e. The second-order valence-electron chi connectivity index (χ2n) is 26.0. The van der Waals surface area contributed by atoms with Crippen LogP contribution < -0.4 is 24.8 Å². The van der Waals surface area contributed by atoms with E-state index in [1.54, 1.807) is 151 Å². The number of nitrogens with zero attached hydrogens (tertiary/aromatic N) is 9. The number of nitrogen functional groups attached to an aromatic ring is 1. The molecule has 0 amide bonds. The number of hydrogen-bond acceptors (Lipinski definition) is 19. The number of ether oxygens (including phenoxy) is 3. The van der Waals surface area contributed by atoms with Gasteiger partial charge in [0.15, 0.2) is 0 Å². The molecule has 0 aliphatic rings. The number of aromatic nitrogens is 1. The molecule has 14 aromatic rings. The van der Waals surface area contributed by atoms with Gasteiger partial charge in [-0.05, 0) is 134 Å². The second kappa shape index (κ2) is 64.6. The van der Waals surface area contributed by atoms with Crippen LogP contribution in [0.2, 0.25) is 0 Å². The van der Waals surface area contributed by atoms with E-state index in [0.717, 1.165) is 54.3 Å². The zero-order valence-corrected chi connectivity index (χ0v) is 104. The fraction of sp³-hybridized carbons (Fsp3) is 0.185. The molecule has 13 aromatic carbocycles. The molecule has 0 saturated heterocycles. The van der Waals surface area contributed by atoms with Crippen LogP contribution in [0.5, 0.6) is 17.2 Å². The van der Waals surface area contributed by atoms with Crippen LogP contribution >= 0.6 is 0 Å².